The first-order valence-electron chi connectivity index (χ1n) is 9.78. The fourth-order valence-corrected chi connectivity index (χ4v) is 3.87. The van der Waals surface area contributed by atoms with Gasteiger partial charge in [0.05, 0.1) is 18.4 Å². The molecule has 2 aliphatic heterocycles. The summed E-state index contributed by atoms with van der Waals surface area (Å²) < 4.78 is 11.1. The average molecular weight is 398 g/mol. The Labute approximate surface area is 169 Å². The number of amides is 1. The first kappa shape index (κ1) is 19.5. The van der Waals surface area contributed by atoms with Crippen LogP contribution in [0, 0.1) is 0 Å². The van der Waals surface area contributed by atoms with Gasteiger partial charge in [-0.05, 0) is 43.5 Å². The molecule has 0 saturated carbocycles. The second kappa shape index (κ2) is 7.57. The number of hydrogen-bond donors (Lipinski definition) is 4. The van der Waals surface area contributed by atoms with Gasteiger partial charge in [0.15, 0.2) is 6.61 Å². The van der Waals surface area contributed by atoms with Gasteiger partial charge in [-0.25, -0.2) is 0 Å². The lowest BCUT2D eigenvalue weighted by Gasteiger charge is -2.29. The van der Waals surface area contributed by atoms with Crippen molar-refractivity contribution >= 4 is 11.6 Å². The number of carbonyl (C=O) groups excluding carboxylic acids is 1. The lowest BCUT2D eigenvalue weighted by molar-refractivity contribution is -0.118. The average Bonchev–Trinajstić information content (AvgIpc) is 3.12. The Morgan fingerprint density at radius 1 is 1.24 bits per heavy atom. The third kappa shape index (κ3) is 4.31. The number of fused-ring (bicyclic) bond motifs is 2. The monoisotopic (exact) mass is 398 g/mol. The Morgan fingerprint density at radius 3 is 2.90 bits per heavy atom. The summed E-state index contributed by atoms with van der Waals surface area (Å²) >= 11 is 0. The third-order valence-electron chi connectivity index (χ3n) is 5.26. The van der Waals surface area contributed by atoms with Crippen LogP contribution in [0.25, 0.3) is 0 Å². The highest BCUT2D eigenvalue weighted by Crippen LogP contribution is 2.38. The van der Waals surface area contributed by atoms with Crippen LogP contribution in [-0.2, 0) is 17.6 Å². The Hall–Kier alpha value is -2.77. The maximum absolute atomic E-state index is 11.5. The molecule has 2 aromatic carbocycles. The number of rotatable bonds is 6. The number of ether oxygens (including phenoxy) is 2. The van der Waals surface area contributed by atoms with Gasteiger partial charge < -0.3 is 30.3 Å². The number of nitrogens with one attached hydrogen (secondary N) is 2. The van der Waals surface area contributed by atoms with Crippen molar-refractivity contribution in [3.63, 3.8) is 0 Å². The van der Waals surface area contributed by atoms with Gasteiger partial charge in [0.1, 0.15) is 17.2 Å². The van der Waals surface area contributed by atoms with Crippen LogP contribution in [0.4, 0.5) is 5.69 Å². The maximum atomic E-state index is 11.5. The van der Waals surface area contributed by atoms with E-state index >= 15 is 0 Å². The van der Waals surface area contributed by atoms with E-state index in [1.54, 1.807) is 0 Å². The summed E-state index contributed by atoms with van der Waals surface area (Å²) in [5.41, 5.74) is 3.00. The van der Waals surface area contributed by atoms with Crippen LogP contribution in [0.3, 0.4) is 0 Å². The molecule has 154 valence electrons. The molecule has 0 saturated heterocycles. The van der Waals surface area contributed by atoms with Gasteiger partial charge in [0, 0.05) is 30.1 Å². The minimum Gasteiger partial charge on any atom is -0.508 e. The molecule has 1 amide bonds. The zero-order chi connectivity index (χ0) is 20.6. The number of phenols is 1. The van der Waals surface area contributed by atoms with Gasteiger partial charge in [-0.15, -0.1) is 0 Å². The van der Waals surface area contributed by atoms with Crippen LogP contribution >= 0.6 is 0 Å². The smallest absolute Gasteiger partial charge is 0.262 e. The van der Waals surface area contributed by atoms with Crippen LogP contribution in [0.15, 0.2) is 30.3 Å². The highest BCUT2D eigenvalue weighted by Gasteiger charge is 2.26. The Morgan fingerprint density at radius 2 is 2.07 bits per heavy atom. The molecule has 0 fully saturated rings. The quantitative estimate of drug-likeness (QED) is 0.596. The highest BCUT2D eigenvalue weighted by atomic mass is 16.5. The lowest BCUT2D eigenvalue weighted by atomic mass is 9.93. The summed E-state index contributed by atoms with van der Waals surface area (Å²) in [5.74, 6) is 1.04. The first-order chi connectivity index (χ1) is 13.8. The van der Waals surface area contributed by atoms with Gasteiger partial charge in [-0.2, -0.15) is 0 Å². The van der Waals surface area contributed by atoms with Crippen molar-refractivity contribution in [1.82, 2.24) is 5.32 Å². The van der Waals surface area contributed by atoms with E-state index in [0.717, 1.165) is 25.2 Å². The summed E-state index contributed by atoms with van der Waals surface area (Å²) in [4.78, 5) is 11.5. The summed E-state index contributed by atoms with van der Waals surface area (Å²) in [7, 11) is 0. The molecule has 4 N–H and O–H groups in total. The van der Waals surface area contributed by atoms with Crippen molar-refractivity contribution in [1.29, 1.82) is 0 Å². The standard InChI is InChI=1S/C22H26N2O5/c1-22(2,10-13-3-4-19-14(7-13)5-6-28-19)23-11-18(26)16-8-15(25)9-17-21(16)29-12-20(27)24-17/h3-4,7-9,18,23,25-26H,5-6,10-12H2,1-2H3,(H,24,27)/t18-/m0/s1. The molecular weight excluding hydrogens is 372 g/mol. The number of β-amino-alcohol motifs (C(OH)–C–C–N with tert-alkyl or cyclic N) is 1. The minimum atomic E-state index is -0.904. The van der Waals surface area contributed by atoms with Crippen molar-refractivity contribution in [3.05, 3.63) is 47.0 Å². The molecule has 1 atom stereocenters. The fraction of sp³-hybridized carbons (Fsp3) is 0.409. The van der Waals surface area contributed by atoms with Gasteiger partial charge in [-0.3, -0.25) is 4.79 Å². The third-order valence-corrected chi connectivity index (χ3v) is 5.26. The molecule has 2 aliphatic rings. The van der Waals surface area contributed by atoms with Crippen LogP contribution in [0.5, 0.6) is 17.2 Å². The molecule has 0 bridgehead atoms. The SMILES string of the molecule is CC(C)(Cc1ccc2c(c1)CCO2)NC[C@H](O)c1cc(O)cc2c1OCC(=O)N2. The predicted octanol–water partition coefficient (Wildman–Crippen LogP) is 2.30. The van der Waals surface area contributed by atoms with Crippen LogP contribution in [0.2, 0.25) is 0 Å². The summed E-state index contributed by atoms with van der Waals surface area (Å²) in [5, 5.41) is 26.8. The zero-order valence-corrected chi connectivity index (χ0v) is 16.6. The number of benzene rings is 2. The predicted molar refractivity (Wildman–Crippen MR) is 109 cm³/mol. The second-order valence-corrected chi connectivity index (χ2v) is 8.25. The number of phenolic OH excluding ortho intramolecular Hbond substituents is 1. The van der Waals surface area contributed by atoms with Crippen molar-refractivity contribution in [3.8, 4) is 17.2 Å². The molecule has 7 heteroatoms. The van der Waals surface area contributed by atoms with E-state index in [9.17, 15) is 15.0 Å². The van der Waals surface area contributed by atoms with Crippen LogP contribution < -0.4 is 20.1 Å². The minimum absolute atomic E-state index is 0.0387. The largest absolute Gasteiger partial charge is 0.508 e. The van der Waals surface area contributed by atoms with Gasteiger partial charge in [-0.1, -0.05) is 12.1 Å². The number of carbonyl (C=O) groups is 1. The molecule has 0 unspecified atom stereocenters. The lowest BCUT2D eigenvalue weighted by Crippen LogP contribution is -2.43. The van der Waals surface area contributed by atoms with Gasteiger partial charge in [0.25, 0.3) is 5.91 Å². The molecule has 7 nitrogen and oxygen atoms in total. The molecule has 2 heterocycles. The van der Waals surface area contributed by atoms with E-state index in [0.29, 0.717) is 17.0 Å². The molecule has 4 rings (SSSR count). The Balaban J connectivity index is 1.44. The van der Waals surface area contributed by atoms with E-state index in [4.69, 9.17) is 9.47 Å². The number of aliphatic hydroxyl groups is 1. The van der Waals surface area contributed by atoms with E-state index in [1.165, 1.54) is 23.3 Å². The Bertz CT molecular complexity index is 941. The number of anilines is 1. The molecule has 0 radical (unpaired) electrons. The van der Waals surface area contributed by atoms with E-state index in [1.807, 2.05) is 6.07 Å². The number of aliphatic hydroxyl groups excluding tert-OH is 1. The molecule has 0 spiro atoms. The van der Waals surface area contributed by atoms with Crippen molar-refractivity contribution < 1.29 is 24.5 Å². The highest BCUT2D eigenvalue weighted by molar-refractivity contribution is 5.96. The normalized spacial score (nSPS) is 16.3. The number of aromatic hydroxyl groups is 1. The Kier molecular flexibility index (Phi) is 5.10. The topological polar surface area (TPSA) is 100 Å². The first-order valence-corrected chi connectivity index (χ1v) is 9.78. The molecule has 0 aliphatic carbocycles. The van der Waals surface area contributed by atoms with Crippen molar-refractivity contribution in [2.75, 3.05) is 25.1 Å². The second-order valence-electron chi connectivity index (χ2n) is 8.25. The van der Waals surface area contributed by atoms with Crippen molar-refractivity contribution in [2.45, 2.75) is 38.3 Å². The molecule has 2 aromatic rings. The fourth-order valence-electron chi connectivity index (χ4n) is 3.87. The van der Waals surface area contributed by atoms with Crippen LogP contribution in [0.1, 0.15) is 36.6 Å². The number of hydrogen-bond acceptors (Lipinski definition) is 6. The van der Waals surface area contributed by atoms with Crippen LogP contribution in [-0.4, -0.2) is 41.4 Å². The van der Waals surface area contributed by atoms with E-state index in [2.05, 4.69) is 36.6 Å². The van der Waals surface area contributed by atoms with Gasteiger partial charge in [0.2, 0.25) is 0 Å². The van der Waals surface area contributed by atoms with Gasteiger partial charge >= 0.3 is 0 Å². The molecule has 0 aromatic heterocycles. The molecule has 29 heavy (non-hydrogen) atoms. The summed E-state index contributed by atoms with van der Waals surface area (Å²) in [6.07, 6.45) is 0.825. The summed E-state index contributed by atoms with van der Waals surface area (Å²) in [6, 6.07) is 9.16. The van der Waals surface area contributed by atoms with E-state index < -0.39 is 6.10 Å². The van der Waals surface area contributed by atoms with Crippen molar-refractivity contribution in [2.24, 2.45) is 0 Å². The molecular formula is C22H26N2O5. The van der Waals surface area contributed by atoms with E-state index in [-0.39, 0.29) is 30.3 Å². The summed E-state index contributed by atoms with van der Waals surface area (Å²) in [6.45, 7) is 5.06. The zero-order valence-electron chi connectivity index (χ0n) is 16.6. The maximum Gasteiger partial charge on any atom is 0.262 e.